The van der Waals surface area contributed by atoms with Crippen molar-refractivity contribution in [2.45, 2.75) is 0 Å². The highest BCUT2D eigenvalue weighted by molar-refractivity contribution is 8.46. The molecule has 19 heteroatoms. The molecule has 0 saturated heterocycles. The Bertz CT molecular complexity index is 2170. The normalized spacial score (nSPS) is 12.6. The number of nitrogens with zero attached hydrogens (tertiary/aromatic N) is 8. The van der Waals surface area contributed by atoms with E-state index in [1.807, 2.05) is 118 Å². The summed E-state index contributed by atoms with van der Waals surface area (Å²) in [6, 6.07) is 43.9. The Morgan fingerprint density at radius 3 is 1.82 bits per heavy atom. The van der Waals surface area contributed by atoms with Crippen LogP contribution >= 0.6 is 45.9 Å². The van der Waals surface area contributed by atoms with Crippen LogP contribution < -0.4 is 29.7 Å². The number of azide groups is 1. The second kappa shape index (κ2) is 21.6. The first-order chi connectivity index (χ1) is 26.7. The van der Waals surface area contributed by atoms with E-state index in [2.05, 4.69) is 65.3 Å². The molecule has 5 atom stereocenters. The SMILES string of the molecule is CN(COc1ccc(P(=N[P+](=S)Oc2ccc(C=NN(C)[P+](C)=S)cc2)(c2ccccc2)c2ccccc2)cc1)N=Cc1ccc(OPP(P)N=[N+]=[N-])cc1. The van der Waals surface area contributed by atoms with E-state index in [0.717, 1.165) is 27.0 Å². The van der Waals surface area contributed by atoms with Crippen LogP contribution in [0.2, 0.25) is 0 Å². The lowest BCUT2D eigenvalue weighted by atomic mass is 10.2. The van der Waals surface area contributed by atoms with E-state index in [0.29, 0.717) is 17.2 Å². The Balaban J connectivity index is 1.33. The van der Waals surface area contributed by atoms with Gasteiger partial charge in [-0.1, -0.05) is 74.5 Å². The smallest absolute Gasteiger partial charge is 0.472 e. The predicted octanol–water partition coefficient (Wildman–Crippen LogP) is 10.5. The maximum Gasteiger partial charge on any atom is 0.545 e. The van der Waals surface area contributed by atoms with Crippen molar-refractivity contribution < 1.29 is 13.8 Å². The van der Waals surface area contributed by atoms with Gasteiger partial charge in [0.25, 0.3) is 0 Å². The molecule has 55 heavy (non-hydrogen) atoms. The van der Waals surface area contributed by atoms with Gasteiger partial charge in [-0.05, 0) is 94.0 Å². The Morgan fingerprint density at radius 1 is 0.764 bits per heavy atom. The Kier molecular flexibility index (Phi) is 16.6. The van der Waals surface area contributed by atoms with Crippen molar-refractivity contribution in [3.63, 3.8) is 0 Å². The first-order valence-corrected chi connectivity index (χ1v) is 27.8. The van der Waals surface area contributed by atoms with E-state index >= 15 is 0 Å². The van der Waals surface area contributed by atoms with Crippen LogP contribution in [0.15, 0.2) is 153 Å². The summed E-state index contributed by atoms with van der Waals surface area (Å²) in [6.45, 7) is 1.49. The molecule has 0 aliphatic carbocycles. The second-order valence-corrected chi connectivity index (χ2v) is 25.9. The molecular weight excluding hydrogens is 842 g/mol. The third kappa shape index (κ3) is 12.7. The van der Waals surface area contributed by atoms with E-state index < -0.39 is 28.4 Å². The largest absolute Gasteiger partial charge is 0.545 e. The molecule has 0 saturated carbocycles. The highest BCUT2D eigenvalue weighted by Gasteiger charge is 2.33. The fraction of sp³-hybridized carbons (Fsp3) is 0.111. The van der Waals surface area contributed by atoms with Crippen LogP contribution in [0.4, 0.5) is 0 Å². The van der Waals surface area contributed by atoms with E-state index in [9.17, 15) is 0 Å². The van der Waals surface area contributed by atoms with E-state index in [1.165, 1.54) is 0 Å². The van der Waals surface area contributed by atoms with Gasteiger partial charge in [0.05, 0.1) is 26.9 Å². The Hall–Kier alpha value is -3.69. The van der Waals surface area contributed by atoms with Crippen molar-refractivity contribution in [2.24, 2.45) is 19.6 Å². The fourth-order valence-electron chi connectivity index (χ4n) is 4.85. The molecule has 0 N–H and O–H groups in total. The summed E-state index contributed by atoms with van der Waals surface area (Å²) >= 11 is 11.3. The van der Waals surface area contributed by atoms with Gasteiger partial charge in [0.2, 0.25) is 11.8 Å². The minimum Gasteiger partial charge on any atom is -0.472 e. The molecule has 0 aliphatic rings. The summed E-state index contributed by atoms with van der Waals surface area (Å²) in [5.74, 6) is 2.04. The van der Waals surface area contributed by atoms with Crippen LogP contribution in [-0.4, -0.2) is 49.7 Å². The first-order valence-electron chi connectivity index (χ1n) is 16.4. The van der Waals surface area contributed by atoms with Gasteiger partial charge in [0.15, 0.2) is 24.3 Å². The summed E-state index contributed by atoms with van der Waals surface area (Å²) in [5.41, 5.74) is 10.4. The van der Waals surface area contributed by atoms with Gasteiger partial charge in [0.1, 0.15) is 33.7 Å². The lowest BCUT2D eigenvalue weighted by Crippen LogP contribution is -2.25. The van der Waals surface area contributed by atoms with Crippen molar-refractivity contribution in [3.8, 4) is 17.2 Å². The molecule has 11 nitrogen and oxygen atoms in total. The topological polar surface area (TPSA) is 120 Å². The molecule has 280 valence electrons. The predicted molar refractivity (Wildman–Crippen MR) is 247 cm³/mol. The molecule has 0 aromatic heterocycles. The highest BCUT2D eigenvalue weighted by atomic mass is 32.4. The van der Waals surface area contributed by atoms with Crippen molar-refractivity contribution >= 4 is 97.8 Å². The molecule has 5 rings (SSSR count). The molecule has 0 radical (unpaired) electrons. The van der Waals surface area contributed by atoms with Gasteiger partial charge in [0, 0.05) is 27.9 Å². The van der Waals surface area contributed by atoms with Gasteiger partial charge in [-0.15, -0.1) is 9.88 Å². The van der Waals surface area contributed by atoms with Crippen molar-refractivity contribution in [2.75, 3.05) is 27.5 Å². The summed E-state index contributed by atoms with van der Waals surface area (Å²) in [7, 11) is 1.07. The Labute approximate surface area is 339 Å². The Morgan fingerprint density at radius 2 is 1.27 bits per heavy atom. The number of ether oxygens (including phenoxy) is 1. The van der Waals surface area contributed by atoms with Gasteiger partial charge < -0.3 is 9.26 Å². The zero-order chi connectivity index (χ0) is 39.0. The molecule has 0 aliphatic heterocycles. The molecule has 0 amide bonds. The van der Waals surface area contributed by atoms with Crippen molar-refractivity contribution in [1.82, 2.24) is 9.79 Å². The zero-order valence-electron chi connectivity index (χ0n) is 30.0. The number of hydrogen-bond donors (Lipinski definition) is 0. The molecule has 0 spiro atoms. The average Bonchev–Trinajstić information content (AvgIpc) is 3.21. The third-order valence-electron chi connectivity index (χ3n) is 7.62. The molecule has 0 heterocycles. The summed E-state index contributed by atoms with van der Waals surface area (Å²) in [4.78, 5) is 6.48. The monoisotopic (exact) mass is 880 g/mol. The van der Waals surface area contributed by atoms with Gasteiger partial charge in [-0.3, -0.25) is 9.53 Å². The van der Waals surface area contributed by atoms with Crippen LogP contribution in [0.1, 0.15) is 11.1 Å². The van der Waals surface area contributed by atoms with Crippen LogP contribution in [0.3, 0.4) is 0 Å². The summed E-state index contributed by atoms with van der Waals surface area (Å²) in [5, 5.41) is 13.8. The summed E-state index contributed by atoms with van der Waals surface area (Å²) in [6.07, 6.45) is 3.54. The molecular formula is C36H38N8O3P6S2+2. The van der Waals surface area contributed by atoms with E-state index in [1.54, 1.807) is 22.2 Å². The number of hydrogen-bond acceptors (Lipinski definition) is 9. The van der Waals surface area contributed by atoms with Gasteiger partial charge in [-0.2, -0.15) is 5.10 Å². The number of rotatable bonds is 18. The van der Waals surface area contributed by atoms with E-state index in [-0.39, 0.29) is 15.2 Å². The average molecular weight is 881 g/mol. The third-order valence-corrected chi connectivity index (χ3v) is 18.4. The van der Waals surface area contributed by atoms with Crippen LogP contribution in [-0.2, 0) is 23.6 Å². The van der Waals surface area contributed by atoms with Crippen molar-refractivity contribution in [1.29, 1.82) is 0 Å². The van der Waals surface area contributed by atoms with Gasteiger partial charge in [-0.25, -0.2) is 0 Å². The molecule has 5 aromatic carbocycles. The number of hydrazone groups is 2. The number of benzene rings is 5. The minimum absolute atomic E-state index is 0.0715. The van der Waals surface area contributed by atoms with Crippen LogP contribution in [0.25, 0.3) is 10.4 Å². The first kappa shape index (κ1) is 42.5. The van der Waals surface area contributed by atoms with E-state index in [4.69, 9.17) is 47.4 Å². The minimum atomic E-state index is -2.63. The highest BCUT2D eigenvalue weighted by Crippen LogP contribution is 2.63. The fourth-order valence-corrected chi connectivity index (χ4v) is 13.6. The maximum absolute atomic E-state index is 8.56. The van der Waals surface area contributed by atoms with Gasteiger partial charge >= 0.3 is 13.9 Å². The zero-order valence-corrected chi connectivity index (χ0v) is 37.4. The molecule has 5 unspecified atom stereocenters. The standard InChI is InChI=1S/C36H38N8O3P6S2/c1-43(38-26-29-14-18-32(19-15-29)46-49-52(48)41-40-37)28-45-31-22-24-36(25-23-31)53(34-10-6-4-7-11-34,35-12-8-5-9-13-35)42-51(55)47-33-20-16-30(17-21-33)27-39-44(2)50(3)54/h4-27,49H,28,48H2,1-3H3/q+2. The molecule has 0 bridgehead atoms. The summed E-state index contributed by atoms with van der Waals surface area (Å²) < 4.78 is 25.4. The lowest BCUT2D eigenvalue weighted by molar-refractivity contribution is 0.158. The maximum atomic E-state index is 8.56. The van der Waals surface area contributed by atoms with Crippen LogP contribution in [0, 0.1) is 0 Å². The second-order valence-electron chi connectivity index (χ2n) is 11.4. The van der Waals surface area contributed by atoms with Crippen molar-refractivity contribution in [3.05, 3.63) is 155 Å². The molecule has 0 fully saturated rings. The lowest BCUT2D eigenvalue weighted by Gasteiger charge is -2.23. The van der Waals surface area contributed by atoms with Crippen LogP contribution in [0.5, 0.6) is 17.2 Å². The quantitative estimate of drug-likeness (QED) is 0.0163. The molecule has 5 aromatic rings.